The monoisotopic (exact) mass is 537 g/mol. The zero-order valence-electron chi connectivity index (χ0n) is 21.8. The maximum absolute atomic E-state index is 13.7. The smallest absolute Gasteiger partial charge is 0.270 e. The van der Waals surface area contributed by atoms with Gasteiger partial charge >= 0.3 is 0 Å². The normalized spacial score (nSPS) is 12.7. The Balaban J connectivity index is 1.66. The summed E-state index contributed by atoms with van der Waals surface area (Å²) in [7, 11) is 4.49. The number of non-ortho nitro benzene ring substituents is 1. The summed E-state index contributed by atoms with van der Waals surface area (Å²) in [5, 5.41) is 12.7. The lowest BCUT2D eigenvalue weighted by atomic mass is 9.93. The van der Waals surface area contributed by atoms with Crippen molar-refractivity contribution in [3.05, 3.63) is 93.5 Å². The highest BCUT2D eigenvalue weighted by Gasteiger charge is 2.39. The number of fused-ring (bicyclic) bond motifs is 5. The first-order valence-corrected chi connectivity index (χ1v) is 12.3. The van der Waals surface area contributed by atoms with Gasteiger partial charge in [-0.3, -0.25) is 24.6 Å². The number of H-pyrrole nitrogens is 1. The fourth-order valence-electron chi connectivity index (χ4n) is 5.32. The molecule has 200 valence electrons. The molecular formula is C30H23N3O7. The first-order valence-electron chi connectivity index (χ1n) is 12.3. The second-order valence-electron chi connectivity index (χ2n) is 9.30. The molecular weight excluding hydrogens is 514 g/mol. The molecule has 0 saturated heterocycles. The summed E-state index contributed by atoms with van der Waals surface area (Å²) in [5.41, 5.74) is 3.36. The minimum absolute atomic E-state index is 0.0992. The van der Waals surface area contributed by atoms with Crippen molar-refractivity contribution in [1.82, 2.24) is 9.88 Å². The number of amides is 2. The Morgan fingerprint density at radius 3 is 2.17 bits per heavy atom. The van der Waals surface area contributed by atoms with E-state index in [4.69, 9.17) is 14.2 Å². The van der Waals surface area contributed by atoms with Crippen molar-refractivity contribution in [3.63, 3.8) is 0 Å². The first-order chi connectivity index (χ1) is 19.4. The highest BCUT2D eigenvalue weighted by molar-refractivity contribution is 6.30. The minimum Gasteiger partial charge on any atom is -0.493 e. The standard InChI is InChI=1S/C30H23N3O7/c1-38-23-11-17(12-24(39-2)28(23)40-3)19-14-21-26(30(35)32(29(21)34)15-16-7-5-4-6-8-16)27-25(19)20-13-18(33(36)37)9-10-22(20)31-27/h4-14,31H,15H2,1-3H3. The maximum Gasteiger partial charge on any atom is 0.270 e. The summed E-state index contributed by atoms with van der Waals surface area (Å²) >= 11 is 0. The molecule has 0 unspecified atom stereocenters. The Morgan fingerprint density at radius 1 is 0.850 bits per heavy atom. The largest absolute Gasteiger partial charge is 0.493 e. The van der Waals surface area contributed by atoms with Crippen molar-refractivity contribution < 1.29 is 28.7 Å². The van der Waals surface area contributed by atoms with Crippen molar-refractivity contribution in [1.29, 1.82) is 0 Å². The number of nitro benzene ring substituents is 1. The van der Waals surface area contributed by atoms with E-state index in [0.29, 0.717) is 50.2 Å². The molecule has 0 saturated carbocycles. The second-order valence-corrected chi connectivity index (χ2v) is 9.30. The number of nitrogens with one attached hydrogen (secondary N) is 1. The van der Waals surface area contributed by atoms with Crippen molar-refractivity contribution in [3.8, 4) is 28.4 Å². The molecule has 0 aliphatic carbocycles. The van der Waals surface area contributed by atoms with E-state index in [2.05, 4.69) is 4.98 Å². The molecule has 1 aliphatic rings. The zero-order valence-corrected chi connectivity index (χ0v) is 21.8. The Labute approximate surface area is 227 Å². The zero-order chi connectivity index (χ0) is 28.1. The number of carbonyl (C=O) groups is 2. The van der Waals surface area contributed by atoms with Crippen LogP contribution in [0.4, 0.5) is 5.69 Å². The fourth-order valence-corrected chi connectivity index (χ4v) is 5.32. The third-order valence-electron chi connectivity index (χ3n) is 7.16. The predicted octanol–water partition coefficient (Wildman–Crippen LogP) is 5.72. The molecule has 10 nitrogen and oxygen atoms in total. The van der Waals surface area contributed by atoms with Crippen LogP contribution >= 0.6 is 0 Å². The molecule has 2 heterocycles. The number of imide groups is 1. The number of nitro groups is 1. The molecule has 1 N–H and O–H groups in total. The van der Waals surface area contributed by atoms with Crippen LogP contribution in [0.5, 0.6) is 17.2 Å². The van der Waals surface area contributed by atoms with Gasteiger partial charge in [0, 0.05) is 28.4 Å². The van der Waals surface area contributed by atoms with E-state index in [0.717, 1.165) is 5.56 Å². The summed E-state index contributed by atoms with van der Waals surface area (Å²) in [6.07, 6.45) is 0. The Hall–Kier alpha value is -5.38. The van der Waals surface area contributed by atoms with Gasteiger partial charge in [-0.1, -0.05) is 30.3 Å². The van der Waals surface area contributed by atoms with Gasteiger partial charge in [-0.2, -0.15) is 0 Å². The van der Waals surface area contributed by atoms with Crippen LogP contribution in [0.15, 0.2) is 66.7 Å². The summed E-state index contributed by atoms with van der Waals surface area (Å²) in [5.74, 6) is 0.310. The summed E-state index contributed by atoms with van der Waals surface area (Å²) in [6.45, 7) is 0.111. The van der Waals surface area contributed by atoms with Crippen LogP contribution in [0.2, 0.25) is 0 Å². The van der Waals surface area contributed by atoms with Crippen molar-refractivity contribution >= 4 is 39.3 Å². The average Bonchev–Trinajstić information content (AvgIpc) is 3.46. The van der Waals surface area contributed by atoms with E-state index in [1.54, 1.807) is 24.3 Å². The van der Waals surface area contributed by atoms with E-state index in [1.165, 1.54) is 38.4 Å². The van der Waals surface area contributed by atoms with Crippen molar-refractivity contribution in [2.24, 2.45) is 0 Å². The maximum atomic E-state index is 13.7. The third kappa shape index (κ3) is 3.72. The first kappa shape index (κ1) is 24.9. The van der Waals surface area contributed by atoms with E-state index >= 15 is 0 Å². The van der Waals surface area contributed by atoms with Crippen LogP contribution in [-0.2, 0) is 6.54 Å². The van der Waals surface area contributed by atoms with Gasteiger partial charge in [-0.05, 0) is 41.0 Å². The number of methoxy groups -OCH3 is 3. The van der Waals surface area contributed by atoms with Gasteiger partial charge in [-0.15, -0.1) is 0 Å². The number of benzene rings is 4. The van der Waals surface area contributed by atoms with Crippen molar-refractivity contribution in [2.45, 2.75) is 6.54 Å². The molecule has 2 amide bonds. The number of hydrogen-bond donors (Lipinski definition) is 1. The van der Waals surface area contributed by atoms with Crippen LogP contribution in [0.1, 0.15) is 26.3 Å². The molecule has 5 aromatic rings. The van der Waals surface area contributed by atoms with Gasteiger partial charge in [0.15, 0.2) is 11.5 Å². The van der Waals surface area contributed by atoms with Crippen LogP contribution in [0, 0.1) is 10.1 Å². The van der Waals surface area contributed by atoms with Gasteiger partial charge in [-0.25, -0.2) is 0 Å². The second kappa shape index (κ2) is 9.42. The van der Waals surface area contributed by atoms with Crippen LogP contribution in [-0.4, -0.2) is 48.0 Å². The minimum atomic E-state index is -0.471. The fraction of sp³-hybridized carbons (Fsp3) is 0.133. The quantitative estimate of drug-likeness (QED) is 0.160. The molecule has 4 aromatic carbocycles. The van der Waals surface area contributed by atoms with Crippen LogP contribution < -0.4 is 14.2 Å². The lowest BCUT2D eigenvalue weighted by Gasteiger charge is -2.15. The number of hydrogen-bond acceptors (Lipinski definition) is 7. The number of rotatable bonds is 7. The number of nitrogens with zero attached hydrogens (tertiary/aromatic N) is 2. The molecule has 6 rings (SSSR count). The predicted molar refractivity (Wildman–Crippen MR) is 148 cm³/mol. The highest BCUT2D eigenvalue weighted by atomic mass is 16.6. The topological polar surface area (TPSA) is 124 Å². The molecule has 40 heavy (non-hydrogen) atoms. The Morgan fingerprint density at radius 2 is 1.55 bits per heavy atom. The summed E-state index contributed by atoms with van der Waals surface area (Å²) in [4.78, 5) is 43.0. The van der Waals surface area contributed by atoms with Gasteiger partial charge in [0.1, 0.15) is 0 Å². The van der Waals surface area contributed by atoms with E-state index in [-0.39, 0.29) is 23.4 Å². The molecule has 1 aromatic heterocycles. The lowest BCUT2D eigenvalue weighted by molar-refractivity contribution is -0.384. The molecule has 0 radical (unpaired) electrons. The van der Waals surface area contributed by atoms with Crippen LogP contribution in [0.3, 0.4) is 0 Å². The highest BCUT2D eigenvalue weighted by Crippen LogP contribution is 2.46. The number of aromatic nitrogens is 1. The molecule has 10 heteroatoms. The van der Waals surface area contributed by atoms with Gasteiger partial charge in [0.2, 0.25) is 5.75 Å². The summed E-state index contributed by atoms with van der Waals surface area (Å²) < 4.78 is 16.6. The Bertz CT molecular complexity index is 1840. The molecule has 0 fully saturated rings. The van der Waals surface area contributed by atoms with E-state index in [1.807, 2.05) is 30.3 Å². The van der Waals surface area contributed by atoms with Gasteiger partial charge in [0.05, 0.1) is 49.4 Å². The van der Waals surface area contributed by atoms with Gasteiger partial charge < -0.3 is 19.2 Å². The van der Waals surface area contributed by atoms with Crippen molar-refractivity contribution in [2.75, 3.05) is 21.3 Å². The third-order valence-corrected chi connectivity index (χ3v) is 7.16. The van der Waals surface area contributed by atoms with E-state index < -0.39 is 16.7 Å². The van der Waals surface area contributed by atoms with Crippen LogP contribution in [0.25, 0.3) is 32.9 Å². The van der Waals surface area contributed by atoms with E-state index in [9.17, 15) is 19.7 Å². The number of aromatic amines is 1. The van der Waals surface area contributed by atoms with Gasteiger partial charge in [0.25, 0.3) is 17.5 Å². The molecule has 0 spiro atoms. The molecule has 1 aliphatic heterocycles. The number of ether oxygens (including phenoxy) is 3. The number of carbonyl (C=O) groups excluding carboxylic acids is 2. The lowest BCUT2D eigenvalue weighted by Crippen LogP contribution is -2.29. The average molecular weight is 538 g/mol. The Kier molecular flexibility index (Phi) is 5.87. The molecule has 0 bridgehead atoms. The molecule has 0 atom stereocenters. The summed E-state index contributed by atoms with van der Waals surface area (Å²) in [6, 6.07) is 18.9. The SMILES string of the molecule is COc1cc(-c2cc3c(c4[nH]c5ccc([N+](=O)[O-])cc5c24)C(=O)N(Cc2ccccc2)C3=O)cc(OC)c1OC.